The van der Waals surface area contributed by atoms with E-state index in [4.69, 9.17) is 0 Å². The van der Waals surface area contributed by atoms with Crippen LogP contribution in [-0.4, -0.2) is 18.4 Å². The van der Waals surface area contributed by atoms with E-state index in [1.807, 2.05) is 0 Å². The summed E-state index contributed by atoms with van der Waals surface area (Å²) in [6.07, 6.45) is 0.636. The SMILES string of the molecule is CC1(C)CCOC(=O)C1=O. The number of esters is 1. The Balaban J connectivity index is 2.79. The highest BCUT2D eigenvalue weighted by Crippen LogP contribution is 2.25. The highest BCUT2D eigenvalue weighted by atomic mass is 16.5. The zero-order valence-corrected chi connectivity index (χ0v) is 6.14. The van der Waals surface area contributed by atoms with Crippen LogP contribution in [0.3, 0.4) is 0 Å². The number of hydrogen-bond donors (Lipinski definition) is 0. The molecule has 0 N–H and O–H groups in total. The van der Waals surface area contributed by atoms with Crippen molar-refractivity contribution >= 4 is 11.8 Å². The molecule has 1 saturated heterocycles. The van der Waals surface area contributed by atoms with Gasteiger partial charge in [0.2, 0.25) is 5.78 Å². The van der Waals surface area contributed by atoms with Crippen molar-refractivity contribution < 1.29 is 14.3 Å². The van der Waals surface area contributed by atoms with E-state index in [1.54, 1.807) is 13.8 Å². The van der Waals surface area contributed by atoms with Crippen molar-refractivity contribution in [2.75, 3.05) is 6.61 Å². The minimum absolute atomic E-state index is 0.373. The molecule has 3 heteroatoms. The molecular weight excluding hydrogens is 132 g/mol. The first kappa shape index (κ1) is 7.25. The number of Topliss-reactive ketones (excluding diaryl/α,β-unsaturated/α-hetero) is 1. The van der Waals surface area contributed by atoms with Gasteiger partial charge < -0.3 is 4.74 Å². The third kappa shape index (κ3) is 1.03. The number of carbonyl (C=O) groups excluding carboxylic acids is 2. The Hall–Kier alpha value is -0.860. The molecule has 0 amide bonds. The summed E-state index contributed by atoms with van der Waals surface area (Å²) < 4.78 is 4.54. The lowest BCUT2D eigenvalue weighted by molar-refractivity contribution is -0.163. The number of ketones is 1. The van der Waals surface area contributed by atoms with Crippen molar-refractivity contribution in [3.63, 3.8) is 0 Å². The molecular formula is C7H10O3. The highest BCUT2D eigenvalue weighted by molar-refractivity contribution is 6.36. The standard InChI is InChI=1S/C7H10O3/c1-7(2)3-4-10-6(9)5(7)8/h3-4H2,1-2H3. The van der Waals surface area contributed by atoms with Crippen LogP contribution in [0.5, 0.6) is 0 Å². The third-order valence-electron chi connectivity index (χ3n) is 1.76. The Labute approximate surface area is 59.4 Å². The minimum Gasteiger partial charge on any atom is -0.460 e. The molecule has 0 aromatic rings. The number of carbonyl (C=O) groups is 2. The van der Waals surface area contributed by atoms with Gasteiger partial charge in [0.05, 0.1) is 6.61 Å². The summed E-state index contributed by atoms with van der Waals surface area (Å²) in [4.78, 5) is 21.6. The van der Waals surface area contributed by atoms with Crippen LogP contribution in [0.1, 0.15) is 20.3 Å². The summed E-state index contributed by atoms with van der Waals surface area (Å²) in [5.41, 5.74) is -0.505. The monoisotopic (exact) mass is 142 g/mol. The van der Waals surface area contributed by atoms with E-state index < -0.39 is 17.2 Å². The van der Waals surface area contributed by atoms with Gasteiger partial charge in [-0.25, -0.2) is 4.79 Å². The summed E-state index contributed by atoms with van der Waals surface area (Å²) in [7, 11) is 0. The Morgan fingerprint density at radius 2 is 2.00 bits per heavy atom. The van der Waals surface area contributed by atoms with Crippen LogP contribution >= 0.6 is 0 Å². The largest absolute Gasteiger partial charge is 0.460 e. The molecule has 56 valence electrons. The van der Waals surface area contributed by atoms with Crippen LogP contribution in [0.4, 0.5) is 0 Å². The summed E-state index contributed by atoms with van der Waals surface area (Å²) in [6.45, 7) is 3.89. The van der Waals surface area contributed by atoms with Crippen molar-refractivity contribution in [3.05, 3.63) is 0 Å². The van der Waals surface area contributed by atoms with Crippen LogP contribution in [-0.2, 0) is 14.3 Å². The third-order valence-corrected chi connectivity index (χ3v) is 1.76. The van der Waals surface area contributed by atoms with Gasteiger partial charge in [-0.3, -0.25) is 4.79 Å². The molecule has 1 aliphatic heterocycles. The molecule has 0 saturated carbocycles. The molecule has 0 bridgehead atoms. The number of ether oxygens (including phenoxy) is 1. The molecule has 0 spiro atoms. The Bertz CT molecular complexity index is 181. The molecule has 0 aromatic heterocycles. The second-order valence-corrected chi connectivity index (χ2v) is 3.10. The molecule has 0 aliphatic carbocycles. The lowest BCUT2D eigenvalue weighted by Gasteiger charge is -2.25. The van der Waals surface area contributed by atoms with Gasteiger partial charge in [0.1, 0.15) is 0 Å². The van der Waals surface area contributed by atoms with E-state index in [-0.39, 0.29) is 0 Å². The van der Waals surface area contributed by atoms with Gasteiger partial charge in [0.15, 0.2) is 0 Å². The minimum atomic E-state index is -0.684. The molecule has 1 aliphatic rings. The van der Waals surface area contributed by atoms with Gasteiger partial charge in [-0.2, -0.15) is 0 Å². The van der Waals surface area contributed by atoms with Gasteiger partial charge in [-0.05, 0) is 6.42 Å². The predicted molar refractivity (Wildman–Crippen MR) is 34.4 cm³/mol. The van der Waals surface area contributed by atoms with Crippen LogP contribution in [0.15, 0.2) is 0 Å². The molecule has 0 aromatic carbocycles. The Morgan fingerprint density at radius 3 is 2.40 bits per heavy atom. The van der Waals surface area contributed by atoms with Crippen LogP contribution < -0.4 is 0 Å². The summed E-state index contributed by atoms with van der Waals surface area (Å²) in [6, 6.07) is 0. The van der Waals surface area contributed by atoms with Gasteiger partial charge >= 0.3 is 5.97 Å². The van der Waals surface area contributed by atoms with E-state index in [0.29, 0.717) is 13.0 Å². The summed E-state index contributed by atoms with van der Waals surface area (Å²) in [5, 5.41) is 0. The average Bonchev–Trinajstić information content (AvgIpc) is 1.83. The highest BCUT2D eigenvalue weighted by Gasteiger charge is 2.37. The zero-order chi connectivity index (χ0) is 7.78. The molecule has 0 unspecified atom stereocenters. The van der Waals surface area contributed by atoms with E-state index in [0.717, 1.165) is 0 Å². The van der Waals surface area contributed by atoms with E-state index >= 15 is 0 Å². The summed E-state index contributed by atoms with van der Waals surface area (Å²) in [5.74, 6) is -1.09. The molecule has 3 nitrogen and oxygen atoms in total. The van der Waals surface area contributed by atoms with Gasteiger partial charge in [-0.15, -0.1) is 0 Å². The fourth-order valence-electron chi connectivity index (χ4n) is 0.854. The van der Waals surface area contributed by atoms with E-state index in [1.165, 1.54) is 0 Å². The van der Waals surface area contributed by atoms with Crippen molar-refractivity contribution in [2.24, 2.45) is 5.41 Å². The quantitative estimate of drug-likeness (QED) is 0.366. The van der Waals surface area contributed by atoms with Gasteiger partial charge in [0.25, 0.3) is 0 Å². The lowest BCUT2D eigenvalue weighted by atomic mass is 9.83. The normalized spacial score (nSPS) is 24.2. The molecule has 1 heterocycles. The van der Waals surface area contributed by atoms with Crippen LogP contribution in [0.25, 0.3) is 0 Å². The Kier molecular flexibility index (Phi) is 1.50. The van der Waals surface area contributed by atoms with Crippen molar-refractivity contribution in [3.8, 4) is 0 Å². The second kappa shape index (κ2) is 2.08. The maximum absolute atomic E-state index is 11.0. The molecule has 0 radical (unpaired) electrons. The summed E-state index contributed by atoms with van der Waals surface area (Å²) >= 11 is 0. The fourth-order valence-corrected chi connectivity index (χ4v) is 0.854. The van der Waals surface area contributed by atoms with Gasteiger partial charge in [-0.1, -0.05) is 13.8 Å². The molecule has 1 fully saturated rings. The van der Waals surface area contributed by atoms with Crippen LogP contribution in [0.2, 0.25) is 0 Å². The van der Waals surface area contributed by atoms with E-state index in [9.17, 15) is 9.59 Å². The maximum Gasteiger partial charge on any atom is 0.375 e. The van der Waals surface area contributed by atoms with Gasteiger partial charge in [0, 0.05) is 5.41 Å². The maximum atomic E-state index is 11.0. The smallest absolute Gasteiger partial charge is 0.375 e. The predicted octanol–water partition coefficient (Wildman–Crippen LogP) is 0.529. The first-order valence-corrected chi connectivity index (χ1v) is 3.25. The Morgan fingerprint density at radius 1 is 1.40 bits per heavy atom. The molecule has 10 heavy (non-hydrogen) atoms. The van der Waals surface area contributed by atoms with Crippen LogP contribution in [0, 0.1) is 5.41 Å². The first-order chi connectivity index (χ1) is 4.54. The van der Waals surface area contributed by atoms with E-state index in [2.05, 4.69) is 4.74 Å². The lowest BCUT2D eigenvalue weighted by Crippen LogP contribution is -2.38. The van der Waals surface area contributed by atoms with Crippen molar-refractivity contribution in [2.45, 2.75) is 20.3 Å². The number of rotatable bonds is 0. The number of cyclic esters (lactones) is 1. The average molecular weight is 142 g/mol. The molecule has 1 rings (SSSR count). The number of hydrogen-bond acceptors (Lipinski definition) is 3. The second-order valence-electron chi connectivity index (χ2n) is 3.10. The fraction of sp³-hybridized carbons (Fsp3) is 0.714. The zero-order valence-electron chi connectivity index (χ0n) is 6.14. The topological polar surface area (TPSA) is 43.4 Å². The van der Waals surface area contributed by atoms with Crippen molar-refractivity contribution in [1.82, 2.24) is 0 Å². The molecule has 0 atom stereocenters. The first-order valence-electron chi connectivity index (χ1n) is 3.25. The van der Waals surface area contributed by atoms with Crippen molar-refractivity contribution in [1.29, 1.82) is 0 Å².